The highest BCUT2D eigenvalue weighted by Crippen LogP contribution is 2.33. The van der Waals surface area contributed by atoms with Gasteiger partial charge < -0.3 is 9.88 Å². The first-order valence-corrected chi connectivity index (χ1v) is 9.19. The van der Waals surface area contributed by atoms with Gasteiger partial charge in [0.25, 0.3) is 11.1 Å². The first-order chi connectivity index (χ1) is 13.5. The third kappa shape index (κ3) is 2.35. The van der Waals surface area contributed by atoms with Gasteiger partial charge in [0, 0.05) is 20.6 Å². The summed E-state index contributed by atoms with van der Waals surface area (Å²) in [5.74, 6) is 1.15. The molecule has 5 rings (SSSR count). The number of hydrogen-bond donors (Lipinski definition) is 1. The van der Waals surface area contributed by atoms with Crippen molar-refractivity contribution in [2.75, 3.05) is 11.4 Å². The van der Waals surface area contributed by atoms with Crippen molar-refractivity contribution in [2.24, 2.45) is 14.1 Å². The summed E-state index contributed by atoms with van der Waals surface area (Å²) in [6.45, 7) is 0.727. The quantitative estimate of drug-likeness (QED) is 0.564. The highest BCUT2D eigenvalue weighted by Gasteiger charge is 2.31. The Bertz CT molecular complexity index is 1330. The molecule has 28 heavy (non-hydrogen) atoms. The Morgan fingerprint density at radius 3 is 2.79 bits per heavy atom. The number of aromatic nitrogens is 6. The second kappa shape index (κ2) is 6.01. The standard InChI is InChI=1S/C19H19N7O2/c1-24-18(28)12-10-20-25(2)16(12)23-19(24)26-9-5-8-14(26)15-21-13-7-4-3-6-11(13)17(27)22-15/h3-4,6-7,10,14H,5,8-9H2,1-2H3,(H,21,22,27). The predicted molar refractivity (Wildman–Crippen MR) is 105 cm³/mol. The molecule has 1 fully saturated rings. The molecule has 0 amide bonds. The van der Waals surface area contributed by atoms with E-state index in [1.807, 2.05) is 23.1 Å². The Balaban J connectivity index is 1.67. The molecule has 1 unspecified atom stereocenters. The monoisotopic (exact) mass is 377 g/mol. The number of H-pyrrole nitrogens is 1. The average Bonchev–Trinajstić information content (AvgIpc) is 3.32. The van der Waals surface area contributed by atoms with Gasteiger partial charge in [-0.1, -0.05) is 12.1 Å². The van der Waals surface area contributed by atoms with E-state index in [0.29, 0.717) is 33.7 Å². The van der Waals surface area contributed by atoms with Crippen LogP contribution in [0.5, 0.6) is 0 Å². The molecule has 142 valence electrons. The van der Waals surface area contributed by atoms with Gasteiger partial charge in [-0.15, -0.1) is 0 Å². The maximum absolute atomic E-state index is 12.8. The third-order valence-corrected chi connectivity index (χ3v) is 5.40. The molecule has 4 heterocycles. The van der Waals surface area contributed by atoms with Gasteiger partial charge in [-0.05, 0) is 25.0 Å². The summed E-state index contributed by atoms with van der Waals surface area (Å²) in [4.78, 5) is 39.6. The smallest absolute Gasteiger partial charge is 0.265 e. The minimum absolute atomic E-state index is 0.140. The van der Waals surface area contributed by atoms with Crippen LogP contribution in [0.3, 0.4) is 0 Å². The number of benzene rings is 1. The van der Waals surface area contributed by atoms with Crippen molar-refractivity contribution in [3.63, 3.8) is 0 Å². The fourth-order valence-electron chi connectivity index (χ4n) is 3.97. The summed E-state index contributed by atoms with van der Waals surface area (Å²) in [7, 11) is 3.48. The maximum Gasteiger partial charge on any atom is 0.265 e. The lowest BCUT2D eigenvalue weighted by Crippen LogP contribution is -2.33. The minimum atomic E-state index is -0.156. The minimum Gasteiger partial charge on any atom is -0.332 e. The summed E-state index contributed by atoms with van der Waals surface area (Å²) >= 11 is 0. The summed E-state index contributed by atoms with van der Waals surface area (Å²) in [6, 6.07) is 7.14. The molecule has 0 aliphatic carbocycles. The van der Waals surface area contributed by atoms with E-state index in [0.717, 1.165) is 19.4 Å². The number of aromatic amines is 1. The van der Waals surface area contributed by atoms with Gasteiger partial charge in [0.05, 0.1) is 23.1 Å². The van der Waals surface area contributed by atoms with Crippen LogP contribution in [0.15, 0.2) is 40.1 Å². The second-order valence-electron chi connectivity index (χ2n) is 7.10. The van der Waals surface area contributed by atoms with Gasteiger partial charge in [-0.2, -0.15) is 10.1 Å². The van der Waals surface area contributed by atoms with Crippen molar-refractivity contribution < 1.29 is 0 Å². The Kier molecular flexibility index (Phi) is 3.58. The number of nitrogens with zero attached hydrogens (tertiary/aromatic N) is 6. The Morgan fingerprint density at radius 1 is 1.11 bits per heavy atom. The van der Waals surface area contributed by atoms with E-state index < -0.39 is 0 Å². The highest BCUT2D eigenvalue weighted by molar-refractivity contribution is 5.77. The predicted octanol–water partition coefficient (Wildman–Crippen LogP) is 1.24. The molecule has 0 bridgehead atoms. The van der Waals surface area contributed by atoms with Crippen molar-refractivity contribution in [3.8, 4) is 0 Å². The molecule has 0 spiro atoms. The number of hydrogen-bond acceptors (Lipinski definition) is 6. The molecule has 1 saturated heterocycles. The van der Waals surface area contributed by atoms with Crippen LogP contribution in [0.1, 0.15) is 24.7 Å². The molecule has 1 aliphatic rings. The van der Waals surface area contributed by atoms with E-state index in [4.69, 9.17) is 4.98 Å². The van der Waals surface area contributed by atoms with E-state index in [2.05, 4.69) is 15.1 Å². The molecule has 3 aromatic heterocycles. The van der Waals surface area contributed by atoms with Crippen LogP contribution in [0.25, 0.3) is 21.9 Å². The summed E-state index contributed by atoms with van der Waals surface area (Å²) < 4.78 is 3.14. The van der Waals surface area contributed by atoms with E-state index >= 15 is 0 Å². The lowest BCUT2D eigenvalue weighted by atomic mass is 10.2. The lowest BCUT2D eigenvalue weighted by molar-refractivity contribution is 0.635. The molecule has 0 saturated carbocycles. The van der Waals surface area contributed by atoms with E-state index in [-0.39, 0.29) is 17.2 Å². The molecule has 1 aliphatic heterocycles. The summed E-state index contributed by atoms with van der Waals surface area (Å²) in [5.41, 5.74) is 0.913. The van der Waals surface area contributed by atoms with Crippen LogP contribution in [0.4, 0.5) is 5.95 Å². The van der Waals surface area contributed by atoms with Crippen molar-refractivity contribution in [3.05, 3.63) is 57.0 Å². The SMILES string of the molecule is Cn1c(N2CCCC2c2nc3ccccc3c(=O)[nH]2)nc2c(cnn2C)c1=O. The topological polar surface area (TPSA) is 102 Å². The zero-order valence-electron chi connectivity index (χ0n) is 15.6. The highest BCUT2D eigenvalue weighted by atomic mass is 16.1. The van der Waals surface area contributed by atoms with E-state index in [1.54, 1.807) is 29.4 Å². The van der Waals surface area contributed by atoms with Crippen LogP contribution >= 0.6 is 0 Å². The van der Waals surface area contributed by atoms with Crippen LogP contribution in [-0.2, 0) is 14.1 Å². The van der Waals surface area contributed by atoms with Gasteiger partial charge >= 0.3 is 0 Å². The normalized spacial score (nSPS) is 17.1. The molecule has 1 aromatic carbocycles. The van der Waals surface area contributed by atoms with Crippen LogP contribution < -0.4 is 16.0 Å². The number of nitrogens with one attached hydrogen (secondary N) is 1. The molecule has 1 atom stereocenters. The maximum atomic E-state index is 12.8. The molecular weight excluding hydrogens is 358 g/mol. The largest absolute Gasteiger partial charge is 0.332 e. The summed E-state index contributed by atoms with van der Waals surface area (Å²) in [5, 5.41) is 5.21. The van der Waals surface area contributed by atoms with Crippen LogP contribution in [0.2, 0.25) is 0 Å². The Hall–Kier alpha value is -3.49. The number of para-hydroxylation sites is 1. The summed E-state index contributed by atoms with van der Waals surface area (Å²) in [6.07, 6.45) is 3.28. The Morgan fingerprint density at radius 2 is 1.93 bits per heavy atom. The Labute approximate surface area is 159 Å². The molecule has 0 radical (unpaired) electrons. The number of aryl methyl sites for hydroxylation is 1. The van der Waals surface area contributed by atoms with Crippen molar-refractivity contribution in [1.29, 1.82) is 0 Å². The van der Waals surface area contributed by atoms with Gasteiger partial charge in [-0.25, -0.2) is 4.98 Å². The van der Waals surface area contributed by atoms with Crippen molar-refractivity contribution >= 4 is 27.9 Å². The molecular formula is C19H19N7O2. The first-order valence-electron chi connectivity index (χ1n) is 9.19. The zero-order chi connectivity index (χ0) is 19.4. The lowest BCUT2D eigenvalue weighted by Gasteiger charge is -2.26. The molecule has 9 nitrogen and oxygen atoms in total. The number of anilines is 1. The van der Waals surface area contributed by atoms with E-state index in [9.17, 15) is 9.59 Å². The van der Waals surface area contributed by atoms with Crippen molar-refractivity contribution in [1.82, 2.24) is 29.3 Å². The van der Waals surface area contributed by atoms with Crippen molar-refractivity contribution in [2.45, 2.75) is 18.9 Å². The zero-order valence-corrected chi connectivity index (χ0v) is 15.6. The fraction of sp³-hybridized carbons (Fsp3) is 0.316. The van der Waals surface area contributed by atoms with Gasteiger partial charge in [0.1, 0.15) is 11.2 Å². The van der Waals surface area contributed by atoms with Gasteiger partial charge in [-0.3, -0.25) is 18.8 Å². The van der Waals surface area contributed by atoms with Gasteiger partial charge in [0.15, 0.2) is 5.65 Å². The molecule has 9 heteroatoms. The molecule has 4 aromatic rings. The third-order valence-electron chi connectivity index (χ3n) is 5.40. The van der Waals surface area contributed by atoms with Gasteiger partial charge in [0.2, 0.25) is 5.95 Å². The number of fused-ring (bicyclic) bond motifs is 2. The second-order valence-corrected chi connectivity index (χ2v) is 7.10. The first kappa shape index (κ1) is 16.7. The van der Waals surface area contributed by atoms with E-state index in [1.165, 1.54) is 6.20 Å². The van der Waals surface area contributed by atoms with Crippen LogP contribution in [0, 0.1) is 0 Å². The van der Waals surface area contributed by atoms with Crippen LogP contribution in [-0.4, -0.2) is 35.8 Å². The average molecular weight is 377 g/mol. The number of rotatable bonds is 2. The fourth-order valence-corrected chi connectivity index (χ4v) is 3.97. The molecule has 1 N–H and O–H groups in total.